The van der Waals surface area contributed by atoms with Gasteiger partial charge in [-0.1, -0.05) is 32.0 Å². The van der Waals surface area contributed by atoms with Crippen molar-refractivity contribution in [3.8, 4) is 0 Å². The van der Waals surface area contributed by atoms with E-state index in [1.165, 1.54) is 6.07 Å². The Kier molecular flexibility index (Phi) is 5.31. The molecule has 1 aliphatic rings. The Morgan fingerprint density at radius 1 is 1.43 bits per heavy atom. The Bertz CT molecular complexity index is 494. The van der Waals surface area contributed by atoms with Crippen LogP contribution in [-0.2, 0) is 9.53 Å². The smallest absolute Gasteiger partial charge is 0.310 e. The highest BCUT2D eigenvalue weighted by atomic mass is 19.1. The van der Waals surface area contributed by atoms with Crippen molar-refractivity contribution in [2.75, 3.05) is 19.8 Å². The van der Waals surface area contributed by atoms with Crippen LogP contribution in [0.4, 0.5) is 4.39 Å². The minimum atomic E-state index is -0.848. The van der Waals surface area contributed by atoms with Crippen LogP contribution in [0.1, 0.15) is 31.9 Å². The van der Waals surface area contributed by atoms with Crippen molar-refractivity contribution in [3.63, 3.8) is 0 Å². The summed E-state index contributed by atoms with van der Waals surface area (Å²) >= 11 is 0. The minimum Gasteiger partial charge on any atom is -0.481 e. The molecule has 3 atom stereocenters. The number of benzene rings is 1. The summed E-state index contributed by atoms with van der Waals surface area (Å²) < 4.78 is 19.5. The molecule has 5 heteroatoms. The summed E-state index contributed by atoms with van der Waals surface area (Å²) in [5, 5.41) is 9.33. The first-order valence-electron chi connectivity index (χ1n) is 7.40. The fourth-order valence-corrected chi connectivity index (χ4v) is 3.17. The van der Waals surface area contributed by atoms with Crippen LogP contribution >= 0.6 is 0 Å². The fourth-order valence-electron chi connectivity index (χ4n) is 3.17. The molecule has 1 N–H and O–H groups in total. The molecule has 0 bridgehead atoms. The third-order valence-corrected chi connectivity index (χ3v) is 4.21. The van der Waals surface area contributed by atoms with Gasteiger partial charge in [-0.25, -0.2) is 4.39 Å². The summed E-state index contributed by atoms with van der Waals surface area (Å²) in [7, 11) is 0. The summed E-state index contributed by atoms with van der Waals surface area (Å²) in [6, 6.07) is 6.36. The summed E-state index contributed by atoms with van der Waals surface area (Å²) in [4.78, 5) is 13.4. The SMILES string of the molecule is CCC(c1ccccc1F)N(CC)C1COCC1C(=O)O. The van der Waals surface area contributed by atoms with Gasteiger partial charge in [0.15, 0.2) is 0 Å². The highest BCUT2D eigenvalue weighted by Crippen LogP contribution is 2.32. The lowest BCUT2D eigenvalue weighted by molar-refractivity contribution is -0.143. The van der Waals surface area contributed by atoms with Crippen molar-refractivity contribution in [1.29, 1.82) is 0 Å². The van der Waals surface area contributed by atoms with Gasteiger partial charge >= 0.3 is 5.97 Å². The third-order valence-electron chi connectivity index (χ3n) is 4.21. The molecule has 0 aliphatic carbocycles. The van der Waals surface area contributed by atoms with Crippen molar-refractivity contribution in [3.05, 3.63) is 35.6 Å². The number of nitrogens with zero attached hydrogens (tertiary/aromatic N) is 1. The molecule has 3 unspecified atom stereocenters. The van der Waals surface area contributed by atoms with Gasteiger partial charge in [0.2, 0.25) is 0 Å². The first-order valence-corrected chi connectivity index (χ1v) is 7.40. The van der Waals surface area contributed by atoms with Gasteiger partial charge in [0.25, 0.3) is 0 Å². The monoisotopic (exact) mass is 295 g/mol. The standard InChI is InChI=1S/C16H22FNO3/c1-3-14(11-7-5-6-8-13(11)17)18(4-2)15-10-21-9-12(15)16(19)20/h5-8,12,14-15H,3-4,9-10H2,1-2H3,(H,19,20). The van der Waals surface area contributed by atoms with E-state index >= 15 is 0 Å². The van der Waals surface area contributed by atoms with Gasteiger partial charge in [0.1, 0.15) is 5.82 Å². The van der Waals surface area contributed by atoms with Gasteiger partial charge in [-0.05, 0) is 19.0 Å². The van der Waals surface area contributed by atoms with Gasteiger partial charge in [-0.2, -0.15) is 0 Å². The lowest BCUT2D eigenvalue weighted by atomic mass is 9.95. The van der Waals surface area contributed by atoms with Crippen LogP contribution in [0.5, 0.6) is 0 Å². The lowest BCUT2D eigenvalue weighted by Crippen LogP contribution is -2.45. The number of carboxylic acids is 1. The van der Waals surface area contributed by atoms with Crippen LogP contribution in [0, 0.1) is 11.7 Å². The van der Waals surface area contributed by atoms with Crippen molar-refractivity contribution in [1.82, 2.24) is 4.90 Å². The lowest BCUT2D eigenvalue weighted by Gasteiger charge is -2.36. The Labute approximate surface area is 124 Å². The van der Waals surface area contributed by atoms with E-state index in [0.29, 0.717) is 18.7 Å². The van der Waals surface area contributed by atoms with Gasteiger partial charge in [0, 0.05) is 17.6 Å². The van der Waals surface area contributed by atoms with Crippen LogP contribution < -0.4 is 0 Å². The van der Waals surface area contributed by atoms with E-state index in [1.54, 1.807) is 12.1 Å². The van der Waals surface area contributed by atoms with E-state index in [1.807, 2.05) is 19.9 Å². The van der Waals surface area contributed by atoms with E-state index < -0.39 is 11.9 Å². The normalized spacial score (nSPS) is 23.4. The van der Waals surface area contributed by atoms with Crippen LogP contribution in [0.2, 0.25) is 0 Å². The maximum absolute atomic E-state index is 14.1. The molecule has 116 valence electrons. The van der Waals surface area contributed by atoms with Crippen LogP contribution in [0.3, 0.4) is 0 Å². The van der Waals surface area contributed by atoms with E-state index in [2.05, 4.69) is 4.90 Å². The number of halogens is 1. The predicted molar refractivity (Wildman–Crippen MR) is 77.5 cm³/mol. The van der Waals surface area contributed by atoms with Crippen LogP contribution in [-0.4, -0.2) is 41.8 Å². The molecule has 1 aromatic rings. The van der Waals surface area contributed by atoms with E-state index in [0.717, 1.165) is 6.42 Å². The molecular weight excluding hydrogens is 273 g/mol. The topological polar surface area (TPSA) is 49.8 Å². The van der Waals surface area contributed by atoms with Gasteiger partial charge in [-0.3, -0.25) is 9.69 Å². The molecule has 0 saturated carbocycles. The minimum absolute atomic E-state index is 0.134. The number of hydrogen-bond donors (Lipinski definition) is 1. The van der Waals surface area contributed by atoms with Crippen molar-refractivity contribution in [2.24, 2.45) is 5.92 Å². The van der Waals surface area contributed by atoms with Gasteiger partial charge in [0.05, 0.1) is 19.1 Å². The Hall–Kier alpha value is -1.46. The highest BCUT2D eigenvalue weighted by Gasteiger charge is 2.40. The zero-order valence-corrected chi connectivity index (χ0v) is 12.5. The predicted octanol–water partition coefficient (Wildman–Crippen LogP) is 2.70. The number of aliphatic carboxylic acids is 1. The molecule has 2 rings (SSSR count). The number of likely N-dealkylation sites (N-methyl/N-ethyl adjacent to an activating group) is 1. The third kappa shape index (κ3) is 3.24. The zero-order chi connectivity index (χ0) is 15.4. The van der Waals surface area contributed by atoms with Crippen molar-refractivity contribution in [2.45, 2.75) is 32.4 Å². The van der Waals surface area contributed by atoms with Crippen LogP contribution in [0.25, 0.3) is 0 Å². The molecule has 4 nitrogen and oxygen atoms in total. The number of hydrogen-bond acceptors (Lipinski definition) is 3. The molecule has 21 heavy (non-hydrogen) atoms. The fraction of sp³-hybridized carbons (Fsp3) is 0.562. The molecule has 0 aromatic heterocycles. The molecule has 1 fully saturated rings. The van der Waals surface area contributed by atoms with Crippen molar-refractivity contribution >= 4 is 5.97 Å². The number of ether oxygens (including phenoxy) is 1. The second-order valence-corrected chi connectivity index (χ2v) is 5.33. The number of carboxylic acid groups (broad SMARTS) is 1. The maximum atomic E-state index is 14.1. The average molecular weight is 295 g/mol. The number of rotatable bonds is 6. The Balaban J connectivity index is 2.30. The summed E-state index contributed by atoms with van der Waals surface area (Å²) in [5.41, 5.74) is 0.623. The first kappa shape index (κ1) is 15.9. The molecule has 1 saturated heterocycles. The second-order valence-electron chi connectivity index (χ2n) is 5.33. The zero-order valence-electron chi connectivity index (χ0n) is 12.5. The quantitative estimate of drug-likeness (QED) is 0.876. The molecular formula is C16H22FNO3. The van der Waals surface area contributed by atoms with E-state index in [4.69, 9.17) is 4.74 Å². The van der Waals surface area contributed by atoms with Gasteiger partial charge in [-0.15, -0.1) is 0 Å². The number of carbonyl (C=O) groups is 1. The molecule has 1 aromatic carbocycles. The molecule has 0 amide bonds. The highest BCUT2D eigenvalue weighted by molar-refractivity contribution is 5.71. The second kappa shape index (κ2) is 7.00. The molecule has 0 spiro atoms. The van der Waals surface area contributed by atoms with E-state index in [-0.39, 0.29) is 24.5 Å². The van der Waals surface area contributed by atoms with E-state index in [9.17, 15) is 14.3 Å². The summed E-state index contributed by atoms with van der Waals surface area (Å²) in [5.74, 6) is -1.64. The summed E-state index contributed by atoms with van der Waals surface area (Å²) in [6.07, 6.45) is 0.720. The first-order chi connectivity index (χ1) is 10.1. The van der Waals surface area contributed by atoms with Gasteiger partial charge < -0.3 is 9.84 Å². The molecule has 1 aliphatic heterocycles. The Morgan fingerprint density at radius 2 is 2.14 bits per heavy atom. The van der Waals surface area contributed by atoms with Crippen LogP contribution in [0.15, 0.2) is 24.3 Å². The average Bonchev–Trinajstić information content (AvgIpc) is 2.95. The Morgan fingerprint density at radius 3 is 2.71 bits per heavy atom. The molecule has 1 heterocycles. The summed E-state index contributed by atoms with van der Waals surface area (Å²) in [6.45, 7) is 5.23. The maximum Gasteiger partial charge on any atom is 0.310 e. The largest absolute Gasteiger partial charge is 0.481 e. The molecule has 0 radical (unpaired) electrons. The van der Waals surface area contributed by atoms with Crippen molar-refractivity contribution < 1.29 is 19.0 Å².